The molecule has 0 N–H and O–H groups in total. The predicted octanol–water partition coefficient (Wildman–Crippen LogP) is 17.3. The Bertz CT molecular complexity index is 1450. The molecule has 0 unspecified atom stereocenters. The van der Waals surface area contributed by atoms with Crippen molar-refractivity contribution in [2.75, 3.05) is 0 Å². The second kappa shape index (κ2) is 29.6. The number of aryl methyl sites for hydroxylation is 4. The van der Waals surface area contributed by atoms with Gasteiger partial charge in [0.2, 0.25) is 0 Å². The predicted molar refractivity (Wildman–Crippen MR) is 236 cm³/mol. The van der Waals surface area contributed by atoms with Gasteiger partial charge >= 0.3 is 44.9 Å². The molecule has 0 bridgehead atoms. The molecule has 0 radical (unpaired) electrons. The molecule has 1 aromatic heterocycles. The Morgan fingerprint density at radius 3 is 1.15 bits per heavy atom. The van der Waals surface area contributed by atoms with E-state index >= 15 is 0 Å². The molecule has 0 amide bonds. The number of unbranched alkanes of at least 4 members (excludes halogenated alkanes) is 24. The van der Waals surface area contributed by atoms with Crippen LogP contribution < -0.4 is 14.0 Å². The zero-order chi connectivity index (χ0) is 44.8. The summed E-state index contributed by atoms with van der Waals surface area (Å²) in [5.74, 6) is 0.209. The van der Waals surface area contributed by atoms with Gasteiger partial charge in [0.1, 0.15) is 0 Å². The van der Waals surface area contributed by atoms with E-state index in [1.165, 1.54) is 152 Å². The molecule has 0 saturated heterocycles. The van der Waals surface area contributed by atoms with Gasteiger partial charge in [-0.15, -0.1) is 0 Å². The molecule has 2 aromatic rings. The summed E-state index contributed by atoms with van der Waals surface area (Å²) in [7, 11) is -10.7. The topological polar surface area (TPSA) is 56.5 Å². The van der Waals surface area contributed by atoms with Gasteiger partial charge in [-0.2, -0.15) is 4.57 Å². The van der Waals surface area contributed by atoms with E-state index in [4.69, 9.17) is 9.47 Å². The Kier molecular flexibility index (Phi) is 27.3. The van der Waals surface area contributed by atoms with E-state index in [-0.39, 0.29) is 11.9 Å². The van der Waals surface area contributed by atoms with Crippen LogP contribution in [0.25, 0.3) is 0 Å². The van der Waals surface area contributed by atoms with Crippen molar-refractivity contribution in [3.63, 3.8) is 0 Å². The first-order valence-corrected chi connectivity index (χ1v) is 25.4. The zero-order valence-electron chi connectivity index (χ0n) is 37.9. The van der Waals surface area contributed by atoms with Crippen molar-refractivity contribution in [2.24, 2.45) is 0 Å². The molecular formula is C48H80F6NO4P. The van der Waals surface area contributed by atoms with Crippen LogP contribution in [0.15, 0.2) is 30.3 Å². The fourth-order valence-electron chi connectivity index (χ4n) is 7.52. The van der Waals surface area contributed by atoms with Crippen molar-refractivity contribution in [1.29, 1.82) is 0 Å². The second-order valence-electron chi connectivity index (χ2n) is 16.9. The quantitative estimate of drug-likeness (QED) is 0.0179. The van der Waals surface area contributed by atoms with Gasteiger partial charge in [0, 0.05) is 45.2 Å². The molecule has 0 aliphatic rings. The van der Waals surface area contributed by atoms with Crippen molar-refractivity contribution in [3.8, 4) is 11.5 Å². The number of pyridine rings is 1. The summed E-state index contributed by atoms with van der Waals surface area (Å²) in [4.78, 5) is 25.9. The molecule has 1 heterocycles. The van der Waals surface area contributed by atoms with Gasteiger partial charge in [0.05, 0.1) is 0 Å². The molecule has 0 fully saturated rings. The van der Waals surface area contributed by atoms with E-state index in [2.05, 4.69) is 51.3 Å². The SMILES string of the molecule is CCCCCCCCCCCCCCCC(=O)Oc1ccc(CC[n+]2c(C)cc(C)cc2C)cc1OC(=O)CCCCCCCCCCCCCCC.F[P-](F)(F)(F)(F)F. The number of esters is 2. The van der Waals surface area contributed by atoms with Gasteiger partial charge in [-0.3, -0.25) is 9.59 Å². The Labute approximate surface area is 359 Å². The Balaban J connectivity index is 0.00000235. The van der Waals surface area contributed by atoms with Gasteiger partial charge in [-0.05, 0) is 43.0 Å². The normalized spacial score (nSPS) is 12.7. The van der Waals surface area contributed by atoms with Crippen molar-refractivity contribution in [2.45, 2.75) is 227 Å². The van der Waals surface area contributed by atoms with Crippen LogP contribution in [0, 0.1) is 20.8 Å². The van der Waals surface area contributed by atoms with Gasteiger partial charge in [-0.25, -0.2) is 0 Å². The van der Waals surface area contributed by atoms with Crippen LogP contribution in [0.1, 0.15) is 216 Å². The number of carbonyl (C=O) groups is 2. The first kappa shape index (κ1) is 55.3. The van der Waals surface area contributed by atoms with E-state index < -0.39 is 7.81 Å². The molecule has 0 atom stereocenters. The Hall–Kier alpha value is -2.68. The third kappa shape index (κ3) is 34.0. The molecule has 0 saturated carbocycles. The molecule has 0 aliphatic carbocycles. The minimum atomic E-state index is -10.7. The average molecular weight is 880 g/mol. The number of benzene rings is 1. The zero-order valence-corrected chi connectivity index (χ0v) is 38.8. The van der Waals surface area contributed by atoms with Crippen molar-refractivity contribution >= 4 is 19.7 Å². The van der Waals surface area contributed by atoms with E-state index in [0.29, 0.717) is 24.3 Å². The van der Waals surface area contributed by atoms with Crippen LogP contribution in [0.5, 0.6) is 11.5 Å². The van der Waals surface area contributed by atoms with Crippen molar-refractivity contribution in [1.82, 2.24) is 0 Å². The van der Waals surface area contributed by atoms with Crippen molar-refractivity contribution < 1.29 is 48.8 Å². The fourth-order valence-corrected chi connectivity index (χ4v) is 7.52. The van der Waals surface area contributed by atoms with Gasteiger partial charge in [-0.1, -0.05) is 174 Å². The monoisotopic (exact) mass is 880 g/mol. The summed E-state index contributed by atoms with van der Waals surface area (Å²) in [6, 6.07) is 10.1. The second-order valence-corrected chi connectivity index (χ2v) is 18.8. The summed E-state index contributed by atoms with van der Waals surface area (Å²) >= 11 is 0. The molecule has 2 rings (SSSR count). The molecule has 0 spiro atoms. The van der Waals surface area contributed by atoms with Gasteiger partial charge in [0.25, 0.3) is 0 Å². The third-order valence-corrected chi connectivity index (χ3v) is 10.8. The number of rotatable bonds is 33. The van der Waals surface area contributed by atoms with Gasteiger partial charge < -0.3 is 9.47 Å². The molecule has 0 aliphatic heterocycles. The first-order chi connectivity index (χ1) is 28.3. The Morgan fingerprint density at radius 2 is 0.800 bits per heavy atom. The van der Waals surface area contributed by atoms with E-state index in [9.17, 15) is 34.8 Å². The maximum atomic E-state index is 13.0. The Morgan fingerprint density at radius 1 is 0.483 bits per heavy atom. The first-order valence-electron chi connectivity index (χ1n) is 23.4. The summed E-state index contributed by atoms with van der Waals surface area (Å²) in [6.45, 7) is 11.8. The average Bonchev–Trinajstić information content (AvgIpc) is 3.14. The molecule has 60 heavy (non-hydrogen) atoms. The molecule has 12 heteroatoms. The van der Waals surface area contributed by atoms with E-state index in [1.54, 1.807) is 0 Å². The molecule has 348 valence electrons. The summed E-state index contributed by atoms with van der Waals surface area (Å²) in [5.41, 5.74) is 4.77. The third-order valence-electron chi connectivity index (χ3n) is 10.8. The number of ether oxygens (including phenoxy) is 2. The fraction of sp³-hybridized carbons (Fsp3) is 0.729. The number of hydrogen-bond donors (Lipinski definition) is 0. The number of aromatic nitrogens is 1. The maximum absolute atomic E-state index is 13.0. The van der Waals surface area contributed by atoms with Crippen LogP contribution in [0.3, 0.4) is 0 Å². The van der Waals surface area contributed by atoms with E-state index in [1.807, 2.05) is 18.2 Å². The summed E-state index contributed by atoms with van der Waals surface area (Å²) < 4.78 is 73.2. The molecule has 5 nitrogen and oxygen atoms in total. The number of halogens is 6. The number of carbonyl (C=O) groups excluding carboxylic acids is 2. The summed E-state index contributed by atoms with van der Waals surface area (Å²) in [5, 5.41) is 0. The van der Waals surface area contributed by atoms with Gasteiger partial charge in [0.15, 0.2) is 29.4 Å². The minimum absolute atomic E-state index is 0.251. The van der Waals surface area contributed by atoms with Crippen LogP contribution in [-0.2, 0) is 22.6 Å². The molecular weight excluding hydrogens is 799 g/mol. The van der Waals surface area contributed by atoms with Crippen molar-refractivity contribution in [3.05, 3.63) is 52.8 Å². The van der Waals surface area contributed by atoms with Crippen LogP contribution in [0.4, 0.5) is 25.2 Å². The van der Waals surface area contributed by atoms with Crippen LogP contribution in [-0.4, -0.2) is 11.9 Å². The number of nitrogens with zero attached hydrogens (tertiary/aromatic N) is 1. The standard InChI is InChI=1S/C48H80NO4.F6P/c1-6-8-10-12-14-16-18-20-22-24-26-28-30-32-47(50)52-45-35-34-44(36-37-49-42(4)38-41(3)39-43(49)5)40-46(45)53-48(51)33-31-29-27-25-23-21-19-17-15-13-11-9-7-2;1-7(2,3,4,5)6/h34-35,38-40H,6-33,36-37H2,1-5H3;/q+1;-1. The number of hydrogen-bond acceptors (Lipinski definition) is 4. The molecule has 1 aromatic carbocycles. The van der Waals surface area contributed by atoms with E-state index in [0.717, 1.165) is 50.6 Å². The van der Waals surface area contributed by atoms with Crippen LogP contribution >= 0.6 is 7.81 Å². The summed E-state index contributed by atoms with van der Waals surface area (Å²) in [6.07, 6.45) is 34.5. The van der Waals surface area contributed by atoms with Crippen LogP contribution in [0.2, 0.25) is 0 Å².